The first-order chi connectivity index (χ1) is 9.47. The van der Waals surface area contributed by atoms with Gasteiger partial charge in [-0.05, 0) is 33.0 Å². The van der Waals surface area contributed by atoms with E-state index in [4.69, 9.17) is 0 Å². The van der Waals surface area contributed by atoms with Crippen molar-refractivity contribution >= 4 is 17.2 Å². The zero-order chi connectivity index (χ0) is 14.7. The van der Waals surface area contributed by atoms with E-state index in [2.05, 4.69) is 22.0 Å². The summed E-state index contributed by atoms with van der Waals surface area (Å²) in [7, 11) is 4.02. The second kappa shape index (κ2) is 6.49. The van der Waals surface area contributed by atoms with Crippen LogP contribution in [0.25, 0.3) is 0 Å². The standard InChI is InChI=1S/C13H22N4O2S/c1-9-7-17(11(18)5-4-6-16(2)3)8-10(9)12-14-15-13(19)20-12/h9-10H,4-8H2,1-3H3,(H,15,19)/t9-,10+/m1/s1. The number of carbonyl (C=O) groups is 1. The Labute approximate surface area is 122 Å². The molecule has 0 aliphatic carbocycles. The van der Waals surface area contributed by atoms with E-state index >= 15 is 0 Å². The SMILES string of the molecule is C[C@@H]1CN(C(=O)CCCN(C)C)C[C@@H]1c1n[nH]c(=O)s1. The smallest absolute Gasteiger partial charge is 0.322 e. The molecule has 1 fully saturated rings. The zero-order valence-electron chi connectivity index (χ0n) is 12.3. The molecule has 0 aromatic carbocycles. The van der Waals surface area contributed by atoms with Crippen LogP contribution in [0.3, 0.4) is 0 Å². The third-order valence-corrected chi connectivity index (χ3v) is 4.61. The Morgan fingerprint density at radius 2 is 2.25 bits per heavy atom. The van der Waals surface area contributed by atoms with Crippen molar-refractivity contribution in [1.29, 1.82) is 0 Å². The maximum absolute atomic E-state index is 12.2. The van der Waals surface area contributed by atoms with Gasteiger partial charge in [0.05, 0.1) is 0 Å². The molecule has 0 spiro atoms. The topological polar surface area (TPSA) is 69.3 Å². The normalized spacial score (nSPS) is 22.7. The number of likely N-dealkylation sites (tertiary alicyclic amines) is 1. The van der Waals surface area contributed by atoms with Crippen molar-refractivity contribution in [3.63, 3.8) is 0 Å². The third-order valence-electron chi connectivity index (χ3n) is 3.73. The van der Waals surface area contributed by atoms with Gasteiger partial charge in [0, 0.05) is 25.4 Å². The van der Waals surface area contributed by atoms with Crippen LogP contribution < -0.4 is 4.87 Å². The Morgan fingerprint density at radius 3 is 2.85 bits per heavy atom. The molecule has 0 radical (unpaired) electrons. The van der Waals surface area contributed by atoms with Gasteiger partial charge in [0.15, 0.2) is 0 Å². The van der Waals surface area contributed by atoms with Crippen LogP contribution in [0, 0.1) is 5.92 Å². The van der Waals surface area contributed by atoms with Crippen LogP contribution >= 0.6 is 11.3 Å². The summed E-state index contributed by atoms with van der Waals surface area (Å²) in [5.74, 6) is 0.757. The van der Waals surface area contributed by atoms with Crippen molar-refractivity contribution in [3.8, 4) is 0 Å². The first-order valence-corrected chi connectivity index (χ1v) is 7.77. The first kappa shape index (κ1) is 15.2. The van der Waals surface area contributed by atoms with Crippen LogP contribution in [-0.4, -0.2) is 59.6 Å². The van der Waals surface area contributed by atoms with Gasteiger partial charge in [-0.25, -0.2) is 5.10 Å². The predicted octanol–water partition coefficient (Wildman–Crippen LogP) is 0.735. The number of nitrogens with one attached hydrogen (secondary N) is 1. The minimum absolute atomic E-state index is 0.122. The highest BCUT2D eigenvalue weighted by atomic mass is 32.1. The summed E-state index contributed by atoms with van der Waals surface area (Å²) in [6.07, 6.45) is 1.48. The van der Waals surface area contributed by atoms with E-state index in [9.17, 15) is 9.59 Å². The lowest BCUT2D eigenvalue weighted by molar-refractivity contribution is -0.130. The number of carbonyl (C=O) groups excluding carboxylic acids is 1. The highest BCUT2D eigenvalue weighted by Gasteiger charge is 2.35. The number of aromatic nitrogens is 2. The fraction of sp³-hybridized carbons (Fsp3) is 0.769. The predicted molar refractivity (Wildman–Crippen MR) is 79.0 cm³/mol. The van der Waals surface area contributed by atoms with Gasteiger partial charge in [-0.15, -0.1) is 0 Å². The molecule has 0 bridgehead atoms. The summed E-state index contributed by atoms with van der Waals surface area (Å²) in [6, 6.07) is 0. The van der Waals surface area contributed by atoms with Crippen LogP contribution in [0.4, 0.5) is 0 Å². The lowest BCUT2D eigenvalue weighted by Gasteiger charge is -2.16. The van der Waals surface area contributed by atoms with Gasteiger partial charge >= 0.3 is 4.87 Å². The number of amides is 1. The summed E-state index contributed by atoms with van der Waals surface area (Å²) in [6.45, 7) is 4.49. The Bertz CT molecular complexity index is 510. The lowest BCUT2D eigenvalue weighted by Crippen LogP contribution is -2.29. The van der Waals surface area contributed by atoms with Crippen LogP contribution in [-0.2, 0) is 4.79 Å². The highest BCUT2D eigenvalue weighted by molar-refractivity contribution is 7.08. The number of hydrogen-bond acceptors (Lipinski definition) is 5. The van der Waals surface area contributed by atoms with Gasteiger partial charge < -0.3 is 9.80 Å². The molecule has 1 aliphatic heterocycles. The Kier molecular flexibility index (Phi) is 4.93. The summed E-state index contributed by atoms with van der Waals surface area (Å²) in [5, 5.41) is 7.35. The number of nitrogens with zero attached hydrogens (tertiary/aromatic N) is 3. The molecule has 112 valence electrons. The molecule has 2 heterocycles. The van der Waals surface area contributed by atoms with E-state index in [0.717, 1.165) is 35.9 Å². The van der Waals surface area contributed by atoms with E-state index in [-0.39, 0.29) is 16.7 Å². The molecule has 1 aromatic heterocycles. The van der Waals surface area contributed by atoms with Crippen molar-refractivity contribution in [2.24, 2.45) is 5.92 Å². The van der Waals surface area contributed by atoms with Crippen LogP contribution in [0.2, 0.25) is 0 Å². The van der Waals surface area contributed by atoms with E-state index in [1.165, 1.54) is 0 Å². The van der Waals surface area contributed by atoms with E-state index in [1.807, 2.05) is 19.0 Å². The fourth-order valence-corrected chi connectivity index (χ4v) is 3.43. The van der Waals surface area contributed by atoms with Crippen molar-refractivity contribution < 1.29 is 4.79 Å². The number of hydrogen-bond donors (Lipinski definition) is 1. The average Bonchev–Trinajstić information content (AvgIpc) is 2.94. The molecule has 1 aromatic rings. The van der Waals surface area contributed by atoms with Gasteiger partial charge in [-0.3, -0.25) is 9.59 Å². The molecular weight excluding hydrogens is 276 g/mol. The Morgan fingerprint density at radius 1 is 1.50 bits per heavy atom. The minimum atomic E-state index is -0.122. The fourth-order valence-electron chi connectivity index (χ4n) is 2.60. The van der Waals surface area contributed by atoms with Gasteiger partial charge in [0.1, 0.15) is 5.01 Å². The Hall–Kier alpha value is -1.21. The summed E-state index contributed by atoms with van der Waals surface area (Å²) >= 11 is 1.16. The zero-order valence-corrected chi connectivity index (χ0v) is 13.1. The van der Waals surface area contributed by atoms with E-state index in [0.29, 0.717) is 18.9 Å². The number of H-pyrrole nitrogens is 1. The summed E-state index contributed by atoms with van der Waals surface area (Å²) < 4.78 is 0. The maximum atomic E-state index is 12.2. The highest BCUT2D eigenvalue weighted by Crippen LogP contribution is 2.32. The van der Waals surface area contributed by atoms with Crippen molar-refractivity contribution in [2.45, 2.75) is 25.7 Å². The second-order valence-electron chi connectivity index (χ2n) is 5.74. The Balaban J connectivity index is 1.90. The molecule has 20 heavy (non-hydrogen) atoms. The summed E-state index contributed by atoms with van der Waals surface area (Å²) in [5.41, 5.74) is 0. The van der Waals surface area contributed by atoms with Crippen molar-refractivity contribution in [2.75, 3.05) is 33.7 Å². The molecule has 7 heteroatoms. The molecule has 1 aliphatic rings. The molecule has 0 unspecified atom stereocenters. The van der Waals surface area contributed by atoms with Gasteiger partial charge in [0.25, 0.3) is 0 Å². The van der Waals surface area contributed by atoms with Gasteiger partial charge in [0.2, 0.25) is 5.91 Å². The second-order valence-corrected chi connectivity index (χ2v) is 6.73. The molecule has 2 atom stereocenters. The van der Waals surface area contributed by atoms with E-state index in [1.54, 1.807) is 0 Å². The molecule has 6 nitrogen and oxygen atoms in total. The van der Waals surface area contributed by atoms with Crippen molar-refractivity contribution in [1.82, 2.24) is 20.0 Å². The monoisotopic (exact) mass is 298 g/mol. The third kappa shape index (κ3) is 3.67. The lowest BCUT2D eigenvalue weighted by atomic mass is 9.99. The number of rotatable bonds is 5. The van der Waals surface area contributed by atoms with Gasteiger partial charge in [-0.1, -0.05) is 18.3 Å². The first-order valence-electron chi connectivity index (χ1n) is 6.95. The maximum Gasteiger partial charge on any atom is 0.322 e. The van der Waals surface area contributed by atoms with E-state index < -0.39 is 0 Å². The quantitative estimate of drug-likeness (QED) is 0.870. The average molecular weight is 298 g/mol. The van der Waals surface area contributed by atoms with Crippen LogP contribution in [0.5, 0.6) is 0 Å². The van der Waals surface area contributed by atoms with Crippen LogP contribution in [0.15, 0.2) is 4.79 Å². The molecule has 0 saturated carbocycles. The summed E-state index contributed by atoms with van der Waals surface area (Å²) in [4.78, 5) is 27.2. The molecule has 1 saturated heterocycles. The minimum Gasteiger partial charge on any atom is -0.342 e. The molecule has 1 amide bonds. The number of aromatic amines is 1. The largest absolute Gasteiger partial charge is 0.342 e. The molecular formula is C13H22N4O2S. The van der Waals surface area contributed by atoms with Crippen molar-refractivity contribution in [3.05, 3.63) is 14.7 Å². The van der Waals surface area contributed by atoms with Gasteiger partial charge in [-0.2, -0.15) is 5.10 Å². The van der Waals surface area contributed by atoms with Crippen LogP contribution in [0.1, 0.15) is 30.7 Å². The molecule has 2 rings (SSSR count). The molecule has 1 N–H and O–H groups in total.